The molecule has 3 atom stereocenters. The van der Waals surface area contributed by atoms with Crippen LogP contribution < -0.4 is 0 Å². The number of ketones is 1. The highest BCUT2D eigenvalue weighted by Gasteiger charge is 2.54. The monoisotopic (exact) mass is 314 g/mol. The minimum Gasteiger partial charge on any atom is -0.458 e. The second kappa shape index (κ2) is 5.47. The molecule has 0 aromatic carbocycles. The molecule has 0 radical (unpaired) electrons. The van der Waals surface area contributed by atoms with Crippen LogP contribution in [0.2, 0.25) is 0 Å². The predicted octanol–water partition coefficient (Wildman–Crippen LogP) is 4.00. The predicted molar refractivity (Wildman–Crippen MR) is 89.7 cm³/mol. The lowest BCUT2D eigenvalue weighted by molar-refractivity contribution is -0.135. The van der Waals surface area contributed by atoms with Crippen molar-refractivity contribution in [2.24, 2.45) is 22.7 Å². The van der Waals surface area contributed by atoms with Crippen molar-refractivity contribution in [2.45, 2.75) is 47.0 Å². The molecule has 2 aliphatic carbocycles. The van der Waals surface area contributed by atoms with E-state index in [-0.39, 0.29) is 34.4 Å². The number of esters is 1. The molecular formula is C20H26O3. The van der Waals surface area contributed by atoms with E-state index in [2.05, 4.69) is 33.8 Å². The van der Waals surface area contributed by atoms with Crippen LogP contribution in [0.3, 0.4) is 0 Å². The van der Waals surface area contributed by atoms with Gasteiger partial charge in [0, 0.05) is 17.9 Å². The van der Waals surface area contributed by atoms with E-state index in [9.17, 15) is 9.59 Å². The van der Waals surface area contributed by atoms with Gasteiger partial charge in [0.25, 0.3) is 0 Å². The molecule has 0 spiro atoms. The number of hydrogen-bond acceptors (Lipinski definition) is 3. The summed E-state index contributed by atoms with van der Waals surface area (Å²) >= 11 is 0. The van der Waals surface area contributed by atoms with Gasteiger partial charge in [0.1, 0.15) is 6.61 Å². The molecule has 1 aliphatic heterocycles. The summed E-state index contributed by atoms with van der Waals surface area (Å²) in [5.41, 5.74) is 2.04. The molecular weight excluding hydrogens is 288 g/mol. The Morgan fingerprint density at radius 2 is 1.91 bits per heavy atom. The Balaban J connectivity index is 1.97. The first-order valence-corrected chi connectivity index (χ1v) is 8.52. The molecule has 124 valence electrons. The zero-order valence-corrected chi connectivity index (χ0v) is 14.5. The number of ether oxygens (including phenoxy) is 1. The van der Waals surface area contributed by atoms with Crippen LogP contribution in [0, 0.1) is 22.7 Å². The fourth-order valence-corrected chi connectivity index (χ4v) is 5.15. The van der Waals surface area contributed by atoms with Gasteiger partial charge in [-0.3, -0.25) is 4.79 Å². The summed E-state index contributed by atoms with van der Waals surface area (Å²) in [7, 11) is 0. The maximum absolute atomic E-state index is 12.7. The van der Waals surface area contributed by atoms with Gasteiger partial charge >= 0.3 is 5.97 Å². The van der Waals surface area contributed by atoms with Crippen LogP contribution in [-0.4, -0.2) is 18.4 Å². The SMILES string of the molecule is CC1=CC(=O)C2C(C)(C)CCCC2(C)C1C=CC1=CC(=O)OC1. The average molecular weight is 314 g/mol. The van der Waals surface area contributed by atoms with Crippen molar-refractivity contribution >= 4 is 11.8 Å². The smallest absolute Gasteiger partial charge is 0.331 e. The lowest BCUT2D eigenvalue weighted by Crippen LogP contribution is -2.52. The average Bonchev–Trinajstić information content (AvgIpc) is 2.82. The number of fused-ring (bicyclic) bond motifs is 1. The molecule has 1 saturated carbocycles. The summed E-state index contributed by atoms with van der Waals surface area (Å²) in [6, 6.07) is 0. The Kier molecular flexibility index (Phi) is 3.86. The third kappa shape index (κ3) is 2.71. The minimum absolute atomic E-state index is 0.0408. The Morgan fingerprint density at radius 3 is 2.57 bits per heavy atom. The summed E-state index contributed by atoms with van der Waals surface area (Å²) in [4.78, 5) is 23.9. The van der Waals surface area contributed by atoms with Gasteiger partial charge in [-0.2, -0.15) is 0 Å². The van der Waals surface area contributed by atoms with Gasteiger partial charge in [0.15, 0.2) is 5.78 Å². The number of allylic oxidation sites excluding steroid dienone is 3. The van der Waals surface area contributed by atoms with Gasteiger partial charge in [0.05, 0.1) is 0 Å². The molecule has 3 heteroatoms. The van der Waals surface area contributed by atoms with Crippen molar-refractivity contribution in [3.05, 3.63) is 35.5 Å². The largest absolute Gasteiger partial charge is 0.458 e. The van der Waals surface area contributed by atoms with Crippen molar-refractivity contribution in [3.8, 4) is 0 Å². The molecule has 0 aromatic rings. The fourth-order valence-electron chi connectivity index (χ4n) is 5.15. The van der Waals surface area contributed by atoms with Gasteiger partial charge < -0.3 is 4.74 Å². The van der Waals surface area contributed by atoms with Crippen molar-refractivity contribution < 1.29 is 14.3 Å². The lowest BCUT2D eigenvalue weighted by Gasteiger charge is -2.55. The fraction of sp³-hybridized carbons (Fsp3) is 0.600. The van der Waals surface area contributed by atoms with Crippen LogP contribution in [0.25, 0.3) is 0 Å². The Morgan fingerprint density at radius 1 is 1.17 bits per heavy atom. The van der Waals surface area contributed by atoms with E-state index >= 15 is 0 Å². The first-order chi connectivity index (χ1) is 10.7. The molecule has 23 heavy (non-hydrogen) atoms. The van der Waals surface area contributed by atoms with E-state index in [1.165, 1.54) is 0 Å². The van der Waals surface area contributed by atoms with E-state index in [4.69, 9.17) is 4.74 Å². The van der Waals surface area contributed by atoms with E-state index in [1.807, 2.05) is 12.2 Å². The molecule has 3 nitrogen and oxygen atoms in total. The van der Waals surface area contributed by atoms with Crippen molar-refractivity contribution in [1.82, 2.24) is 0 Å². The van der Waals surface area contributed by atoms with E-state index < -0.39 is 0 Å². The van der Waals surface area contributed by atoms with E-state index in [1.54, 1.807) is 6.08 Å². The van der Waals surface area contributed by atoms with E-state index in [0.717, 1.165) is 30.4 Å². The molecule has 1 heterocycles. The second-order valence-electron chi connectivity index (χ2n) is 8.24. The van der Waals surface area contributed by atoms with Crippen molar-refractivity contribution in [2.75, 3.05) is 6.61 Å². The van der Waals surface area contributed by atoms with Gasteiger partial charge in [0.2, 0.25) is 0 Å². The van der Waals surface area contributed by atoms with Crippen LogP contribution in [0.4, 0.5) is 0 Å². The molecule has 0 aromatic heterocycles. The van der Waals surface area contributed by atoms with Crippen LogP contribution in [-0.2, 0) is 14.3 Å². The number of carbonyl (C=O) groups excluding carboxylic acids is 2. The molecule has 0 bridgehead atoms. The summed E-state index contributed by atoms with van der Waals surface area (Å²) in [5.74, 6) is 0.329. The lowest BCUT2D eigenvalue weighted by atomic mass is 9.48. The molecule has 0 amide bonds. The first kappa shape index (κ1) is 16.2. The number of rotatable bonds is 2. The Bertz CT molecular complexity index is 635. The topological polar surface area (TPSA) is 43.4 Å². The molecule has 3 rings (SSSR count). The number of cyclic esters (lactones) is 1. The van der Waals surface area contributed by atoms with Gasteiger partial charge in [-0.05, 0) is 42.2 Å². The highest BCUT2D eigenvalue weighted by Crippen LogP contribution is 2.58. The van der Waals surface area contributed by atoms with Gasteiger partial charge in [-0.15, -0.1) is 0 Å². The Labute approximate surface area is 138 Å². The third-order valence-electron chi connectivity index (χ3n) is 6.02. The molecule has 3 unspecified atom stereocenters. The summed E-state index contributed by atoms with van der Waals surface area (Å²) in [5, 5.41) is 0. The quantitative estimate of drug-likeness (QED) is 0.723. The van der Waals surface area contributed by atoms with Crippen LogP contribution in [0.15, 0.2) is 35.5 Å². The number of carbonyl (C=O) groups is 2. The van der Waals surface area contributed by atoms with Crippen LogP contribution in [0.1, 0.15) is 47.0 Å². The molecule has 0 saturated heterocycles. The number of hydrogen-bond donors (Lipinski definition) is 0. The summed E-state index contributed by atoms with van der Waals surface area (Å²) in [6.45, 7) is 9.14. The zero-order valence-electron chi connectivity index (χ0n) is 14.5. The molecule has 1 fully saturated rings. The zero-order chi connectivity index (χ0) is 16.8. The maximum Gasteiger partial charge on any atom is 0.331 e. The van der Waals surface area contributed by atoms with Crippen LogP contribution >= 0.6 is 0 Å². The molecule has 0 N–H and O–H groups in total. The van der Waals surface area contributed by atoms with Crippen molar-refractivity contribution in [3.63, 3.8) is 0 Å². The second-order valence-corrected chi connectivity index (χ2v) is 8.24. The van der Waals surface area contributed by atoms with E-state index in [0.29, 0.717) is 6.61 Å². The summed E-state index contributed by atoms with van der Waals surface area (Å²) < 4.78 is 4.96. The summed E-state index contributed by atoms with van der Waals surface area (Å²) in [6.07, 6.45) is 10.9. The van der Waals surface area contributed by atoms with Gasteiger partial charge in [-0.25, -0.2) is 4.79 Å². The Hall–Kier alpha value is -1.64. The minimum atomic E-state index is -0.265. The highest BCUT2D eigenvalue weighted by atomic mass is 16.5. The van der Waals surface area contributed by atoms with Crippen molar-refractivity contribution in [1.29, 1.82) is 0 Å². The molecule has 3 aliphatic rings. The standard InChI is InChI=1S/C20H26O3/c1-13-10-16(21)18-19(2,3)8-5-9-20(18,4)15(13)7-6-14-11-17(22)23-12-14/h6-7,10-11,15,18H,5,8-9,12H2,1-4H3. The highest BCUT2D eigenvalue weighted by molar-refractivity contribution is 5.95. The van der Waals surface area contributed by atoms with Gasteiger partial charge in [-0.1, -0.05) is 44.9 Å². The van der Waals surface area contributed by atoms with Crippen LogP contribution in [0.5, 0.6) is 0 Å². The normalized spacial score (nSPS) is 36.5. The third-order valence-corrected chi connectivity index (χ3v) is 6.02. The first-order valence-electron chi connectivity index (χ1n) is 8.52. The maximum atomic E-state index is 12.7.